The van der Waals surface area contributed by atoms with Crippen LogP contribution in [0.5, 0.6) is 0 Å². The zero-order valence-corrected chi connectivity index (χ0v) is 15.1. The standard InChI is InChI=1S/C14H28O2.C2H6Si/c1-2-3-4-5-6-7-8-9-10-11-12-13-14(15)16;1-2-3/h2-13H2,1H3,(H,15,16);2H,1H2,3H3. The molecule has 19 heavy (non-hydrogen) atoms. The topological polar surface area (TPSA) is 37.3 Å². The molecule has 0 rings (SSSR count). The Morgan fingerprint density at radius 1 is 0.947 bits per heavy atom. The second kappa shape index (κ2) is 19.8. The summed E-state index contributed by atoms with van der Waals surface area (Å²) in [6, 6.07) is 0. The van der Waals surface area contributed by atoms with E-state index in [9.17, 15) is 4.79 Å². The summed E-state index contributed by atoms with van der Waals surface area (Å²) in [5.41, 5.74) is 1.89. The Morgan fingerprint density at radius 3 is 1.58 bits per heavy atom. The van der Waals surface area contributed by atoms with Crippen molar-refractivity contribution in [3.63, 3.8) is 0 Å². The molecular formula is C16H34O2Si. The van der Waals surface area contributed by atoms with E-state index >= 15 is 0 Å². The lowest BCUT2D eigenvalue weighted by Crippen LogP contribution is -1.93. The smallest absolute Gasteiger partial charge is 0.303 e. The van der Waals surface area contributed by atoms with Crippen LogP contribution in [0, 0.1) is 0 Å². The molecule has 0 aliphatic heterocycles. The molecule has 114 valence electrons. The lowest BCUT2D eigenvalue weighted by Gasteiger charge is -2.01. The molecule has 0 amide bonds. The summed E-state index contributed by atoms with van der Waals surface area (Å²) in [5.74, 6) is -0.657. The fraction of sp³-hybridized carbons (Fsp3) is 0.812. The zero-order valence-electron chi connectivity index (χ0n) is 13.1. The Morgan fingerprint density at radius 2 is 1.26 bits per heavy atom. The van der Waals surface area contributed by atoms with Crippen LogP contribution < -0.4 is 0 Å². The van der Waals surface area contributed by atoms with Crippen molar-refractivity contribution in [2.45, 2.75) is 84.0 Å². The lowest BCUT2D eigenvalue weighted by atomic mass is 10.1. The minimum atomic E-state index is -0.657. The number of carboxylic acid groups (broad SMARTS) is 1. The van der Waals surface area contributed by atoms with Crippen LogP contribution in [0.25, 0.3) is 0 Å². The molecule has 0 spiro atoms. The highest BCUT2D eigenvalue weighted by molar-refractivity contribution is 6.16. The molecule has 1 N–H and O–H groups in total. The predicted molar refractivity (Wildman–Crippen MR) is 88.8 cm³/mol. The molecule has 0 saturated carbocycles. The van der Waals surface area contributed by atoms with Crippen LogP contribution in [0.2, 0.25) is 0 Å². The maximum absolute atomic E-state index is 10.3. The highest BCUT2D eigenvalue weighted by atomic mass is 28.1. The molecule has 3 heteroatoms. The van der Waals surface area contributed by atoms with Crippen LogP contribution in [0.1, 0.15) is 84.0 Å². The molecule has 0 aromatic carbocycles. The molecule has 0 atom stereocenters. The molecule has 0 aliphatic rings. The summed E-state index contributed by atoms with van der Waals surface area (Å²) in [6.45, 7) is 5.67. The average molecular weight is 287 g/mol. The van der Waals surface area contributed by atoms with Gasteiger partial charge in [0, 0.05) is 16.7 Å². The first-order valence-electron chi connectivity index (χ1n) is 7.97. The minimum absolute atomic E-state index is 0.344. The summed E-state index contributed by atoms with van der Waals surface area (Å²) < 4.78 is 0. The Labute approximate surface area is 123 Å². The van der Waals surface area contributed by atoms with Crippen molar-refractivity contribution in [2.24, 2.45) is 0 Å². The van der Waals surface area contributed by atoms with Crippen molar-refractivity contribution in [3.05, 3.63) is 12.3 Å². The summed E-state index contributed by atoms with van der Waals surface area (Å²) in [4.78, 5) is 10.3. The molecule has 0 bridgehead atoms. The third-order valence-corrected chi connectivity index (χ3v) is 2.99. The fourth-order valence-electron chi connectivity index (χ4n) is 1.94. The Balaban J connectivity index is 0. The monoisotopic (exact) mass is 286 g/mol. The van der Waals surface area contributed by atoms with Crippen LogP contribution in [0.15, 0.2) is 12.3 Å². The minimum Gasteiger partial charge on any atom is -0.481 e. The fourth-order valence-corrected chi connectivity index (χ4v) is 1.94. The molecule has 0 aromatic heterocycles. The Bertz CT molecular complexity index is 193. The van der Waals surface area contributed by atoms with Gasteiger partial charge in [-0.15, -0.1) is 12.3 Å². The molecular weight excluding hydrogens is 252 g/mol. The Hall–Kier alpha value is -0.573. The van der Waals surface area contributed by atoms with Gasteiger partial charge >= 0.3 is 5.97 Å². The van der Waals surface area contributed by atoms with Crippen molar-refractivity contribution in [1.82, 2.24) is 0 Å². The summed E-state index contributed by atoms with van der Waals surface area (Å²) in [7, 11) is 1.13. The molecule has 0 unspecified atom stereocenters. The average Bonchev–Trinajstić information content (AvgIpc) is 2.36. The van der Waals surface area contributed by atoms with Gasteiger partial charge in [0.15, 0.2) is 0 Å². The van der Waals surface area contributed by atoms with Gasteiger partial charge in [0.25, 0.3) is 0 Å². The van der Waals surface area contributed by atoms with E-state index in [0.29, 0.717) is 6.42 Å². The van der Waals surface area contributed by atoms with Crippen molar-refractivity contribution >= 4 is 16.2 Å². The van der Waals surface area contributed by atoms with Gasteiger partial charge in [-0.1, -0.05) is 71.1 Å². The maximum atomic E-state index is 10.3. The Kier molecular flexibility index (Phi) is 21.6. The number of hydrogen-bond acceptors (Lipinski definition) is 1. The second-order valence-electron chi connectivity index (χ2n) is 5.09. The first kappa shape index (κ1) is 20.7. The van der Waals surface area contributed by atoms with Crippen LogP contribution in [-0.2, 0) is 4.79 Å². The maximum Gasteiger partial charge on any atom is 0.303 e. The summed E-state index contributed by atoms with van der Waals surface area (Å²) in [6.07, 6.45) is 14.4. The first-order valence-corrected chi connectivity index (χ1v) is 9.13. The van der Waals surface area contributed by atoms with Crippen molar-refractivity contribution in [2.75, 3.05) is 0 Å². The van der Waals surface area contributed by atoms with Crippen LogP contribution in [0.3, 0.4) is 0 Å². The van der Waals surface area contributed by atoms with Crippen molar-refractivity contribution in [3.8, 4) is 0 Å². The lowest BCUT2D eigenvalue weighted by molar-refractivity contribution is -0.137. The summed E-state index contributed by atoms with van der Waals surface area (Å²) >= 11 is 0. The van der Waals surface area contributed by atoms with Gasteiger partial charge < -0.3 is 5.11 Å². The third kappa shape index (κ3) is 26.9. The van der Waals surface area contributed by atoms with Gasteiger partial charge in [0.05, 0.1) is 0 Å². The molecule has 0 aromatic rings. The van der Waals surface area contributed by atoms with Gasteiger partial charge in [-0.25, -0.2) is 0 Å². The van der Waals surface area contributed by atoms with E-state index in [2.05, 4.69) is 13.5 Å². The van der Waals surface area contributed by atoms with Gasteiger partial charge in [0.2, 0.25) is 0 Å². The van der Waals surface area contributed by atoms with Gasteiger partial charge in [0.1, 0.15) is 0 Å². The van der Waals surface area contributed by atoms with Gasteiger partial charge in [-0.3, -0.25) is 4.79 Å². The molecule has 0 saturated heterocycles. The SMILES string of the molecule is C=C[SiH3].CCCCCCCCCCCCCC(=O)O. The molecule has 0 fully saturated rings. The van der Waals surface area contributed by atoms with Crippen LogP contribution >= 0.6 is 0 Å². The highest BCUT2D eigenvalue weighted by Gasteiger charge is 1.96. The van der Waals surface area contributed by atoms with Crippen LogP contribution in [0.4, 0.5) is 0 Å². The van der Waals surface area contributed by atoms with E-state index in [1.165, 1.54) is 57.8 Å². The number of rotatable bonds is 12. The summed E-state index contributed by atoms with van der Waals surface area (Å²) in [5, 5.41) is 8.46. The van der Waals surface area contributed by atoms with Crippen molar-refractivity contribution in [1.29, 1.82) is 0 Å². The van der Waals surface area contributed by atoms with E-state index in [-0.39, 0.29) is 0 Å². The number of carboxylic acids is 1. The quantitative estimate of drug-likeness (QED) is 0.430. The zero-order chi connectivity index (χ0) is 14.8. The highest BCUT2D eigenvalue weighted by Crippen LogP contribution is 2.11. The molecule has 0 radical (unpaired) electrons. The van der Waals surface area contributed by atoms with Crippen molar-refractivity contribution < 1.29 is 9.90 Å². The molecule has 0 heterocycles. The van der Waals surface area contributed by atoms with E-state index in [4.69, 9.17) is 5.11 Å². The number of carbonyl (C=O) groups is 1. The third-order valence-electron chi connectivity index (χ3n) is 2.99. The predicted octanol–water partition coefficient (Wildman–Crippen LogP) is 4.27. The number of hydrogen-bond donors (Lipinski definition) is 1. The van der Waals surface area contributed by atoms with Gasteiger partial charge in [-0.05, 0) is 6.42 Å². The normalized spacial score (nSPS) is 9.74. The second-order valence-corrected chi connectivity index (χ2v) is 5.90. The largest absolute Gasteiger partial charge is 0.481 e. The number of aliphatic carboxylic acids is 1. The first-order chi connectivity index (χ1) is 9.18. The van der Waals surface area contributed by atoms with E-state index in [0.717, 1.165) is 23.1 Å². The van der Waals surface area contributed by atoms with E-state index < -0.39 is 5.97 Å². The van der Waals surface area contributed by atoms with E-state index in [1.807, 2.05) is 5.70 Å². The van der Waals surface area contributed by atoms with E-state index in [1.54, 1.807) is 0 Å². The molecule has 0 aliphatic carbocycles. The van der Waals surface area contributed by atoms with Crippen LogP contribution in [-0.4, -0.2) is 21.3 Å². The number of unbranched alkanes of at least 4 members (excludes halogenated alkanes) is 10. The molecule has 2 nitrogen and oxygen atoms in total. The van der Waals surface area contributed by atoms with Gasteiger partial charge in [-0.2, -0.15) is 0 Å².